The number of nitrogens with one attached hydrogen (secondary N) is 2. The Labute approximate surface area is 124 Å². The zero-order chi connectivity index (χ0) is 15.1. The summed E-state index contributed by atoms with van der Waals surface area (Å²) in [5.41, 5.74) is 1.02. The van der Waals surface area contributed by atoms with Gasteiger partial charge < -0.3 is 20.1 Å². The van der Waals surface area contributed by atoms with Crippen LogP contribution >= 0.6 is 0 Å². The normalized spacial score (nSPS) is 15.2. The summed E-state index contributed by atoms with van der Waals surface area (Å²) in [5, 5.41) is 14.8. The Balaban J connectivity index is 1.88. The van der Waals surface area contributed by atoms with Crippen molar-refractivity contribution in [1.29, 1.82) is 5.26 Å². The molecule has 112 valence electrons. The molecule has 1 amide bonds. The summed E-state index contributed by atoms with van der Waals surface area (Å²) >= 11 is 0. The molecule has 1 fully saturated rings. The Morgan fingerprint density at radius 3 is 2.90 bits per heavy atom. The van der Waals surface area contributed by atoms with E-state index >= 15 is 0 Å². The molecule has 1 aromatic rings. The number of nitrogens with zero attached hydrogens (tertiary/aromatic N) is 1. The Morgan fingerprint density at radius 1 is 1.48 bits per heavy atom. The second-order valence-corrected chi connectivity index (χ2v) is 4.84. The Hall–Kier alpha value is -2.10. The number of methoxy groups -OCH3 is 1. The summed E-state index contributed by atoms with van der Waals surface area (Å²) in [7, 11) is 1.50. The monoisotopic (exact) mass is 289 g/mol. The SMILES string of the molecule is COc1cc(C#N)ccc1NC(=O)COC1CCNCC1. The minimum absolute atomic E-state index is 0.0216. The highest BCUT2D eigenvalue weighted by molar-refractivity contribution is 5.93. The standard InChI is InChI=1S/C15H19N3O3/c1-20-14-8-11(9-16)2-3-13(14)18-15(19)10-21-12-4-6-17-7-5-12/h2-3,8,12,17H,4-7,10H2,1H3,(H,18,19). The van der Waals surface area contributed by atoms with E-state index in [0.29, 0.717) is 17.0 Å². The average molecular weight is 289 g/mol. The molecule has 0 spiro atoms. The lowest BCUT2D eigenvalue weighted by molar-refractivity contribution is -0.123. The fourth-order valence-corrected chi connectivity index (χ4v) is 2.21. The van der Waals surface area contributed by atoms with E-state index in [9.17, 15) is 4.79 Å². The second-order valence-electron chi connectivity index (χ2n) is 4.84. The molecular formula is C15H19N3O3. The van der Waals surface area contributed by atoms with Crippen LogP contribution in [0, 0.1) is 11.3 Å². The Bertz CT molecular complexity index is 533. The molecule has 0 aromatic heterocycles. The van der Waals surface area contributed by atoms with E-state index in [1.54, 1.807) is 18.2 Å². The van der Waals surface area contributed by atoms with Gasteiger partial charge in [-0.15, -0.1) is 0 Å². The van der Waals surface area contributed by atoms with Crippen molar-refractivity contribution in [2.45, 2.75) is 18.9 Å². The van der Waals surface area contributed by atoms with Crippen LogP contribution in [0.5, 0.6) is 5.75 Å². The second kappa shape index (κ2) is 7.62. The lowest BCUT2D eigenvalue weighted by Gasteiger charge is -2.22. The van der Waals surface area contributed by atoms with Gasteiger partial charge in [0.2, 0.25) is 5.91 Å². The summed E-state index contributed by atoms with van der Waals surface area (Å²) in [5.74, 6) is 0.237. The molecule has 1 saturated heterocycles. The molecule has 0 saturated carbocycles. The number of carbonyl (C=O) groups is 1. The van der Waals surface area contributed by atoms with Crippen LogP contribution in [0.1, 0.15) is 18.4 Å². The number of benzene rings is 1. The molecule has 0 atom stereocenters. The largest absolute Gasteiger partial charge is 0.495 e. The van der Waals surface area contributed by atoms with Gasteiger partial charge in [-0.3, -0.25) is 4.79 Å². The van der Waals surface area contributed by atoms with Crippen LogP contribution in [0.15, 0.2) is 18.2 Å². The van der Waals surface area contributed by atoms with Crippen molar-refractivity contribution >= 4 is 11.6 Å². The molecular weight excluding hydrogens is 270 g/mol. The highest BCUT2D eigenvalue weighted by Crippen LogP contribution is 2.25. The highest BCUT2D eigenvalue weighted by atomic mass is 16.5. The molecule has 0 unspecified atom stereocenters. The fraction of sp³-hybridized carbons (Fsp3) is 0.467. The summed E-state index contributed by atoms with van der Waals surface area (Å²) in [6.45, 7) is 1.87. The molecule has 1 aliphatic rings. The van der Waals surface area contributed by atoms with Gasteiger partial charge in [0.1, 0.15) is 12.4 Å². The van der Waals surface area contributed by atoms with Crippen molar-refractivity contribution in [3.8, 4) is 11.8 Å². The molecule has 0 bridgehead atoms. The van der Waals surface area contributed by atoms with Crippen LogP contribution in [-0.4, -0.2) is 38.8 Å². The van der Waals surface area contributed by atoms with Gasteiger partial charge in [-0.25, -0.2) is 0 Å². The zero-order valence-electron chi connectivity index (χ0n) is 12.0. The van der Waals surface area contributed by atoms with E-state index in [4.69, 9.17) is 14.7 Å². The first-order chi connectivity index (χ1) is 10.2. The average Bonchev–Trinajstić information content (AvgIpc) is 2.54. The minimum atomic E-state index is -0.225. The predicted molar refractivity (Wildman–Crippen MR) is 78.2 cm³/mol. The van der Waals surface area contributed by atoms with Crippen LogP contribution in [0.4, 0.5) is 5.69 Å². The number of nitriles is 1. The van der Waals surface area contributed by atoms with E-state index in [1.165, 1.54) is 7.11 Å². The Morgan fingerprint density at radius 2 is 2.24 bits per heavy atom. The van der Waals surface area contributed by atoms with Gasteiger partial charge in [-0.2, -0.15) is 5.26 Å². The van der Waals surface area contributed by atoms with Crippen LogP contribution in [0.2, 0.25) is 0 Å². The Kier molecular flexibility index (Phi) is 5.55. The fourth-order valence-electron chi connectivity index (χ4n) is 2.21. The van der Waals surface area contributed by atoms with E-state index in [-0.39, 0.29) is 18.6 Å². The molecule has 1 aromatic carbocycles. The third kappa shape index (κ3) is 4.45. The van der Waals surface area contributed by atoms with Crippen molar-refractivity contribution in [1.82, 2.24) is 5.32 Å². The first kappa shape index (κ1) is 15.3. The predicted octanol–water partition coefficient (Wildman–Crippen LogP) is 1.27. The first-order valence-corrected chi connectivity index (χ1v) is 6.93. The molecule has 6 nitrogen and oxygen atoms in total. The van der Waals surface area contributed by atoms with E-state index in [2.05, 4.69) is 10.6 Å². The molecule has 1 heterocycles. The van der Waals surface area contributed by atoms with Crippen LogP contribution in [-0.2, 0) is 9.53 Å². The zero-order valence-corrected chi connectivity index (χ0v) is 12.0. The number of amides is 1. The van der Waals surface area contributed by atoms with E-state index < -0.39 is 0 Å². The molecule has 2 rings (SSSR count). The highest BCUT2D eigenvalue weighted by Gasteiger charge is 2.15. The minimum Gasteiger partial charge on any atom is -0.495 e. The lowest BCUT2D eigenvalue weighted by Crippen LogP contribution is -2.34. The van der Waals surface area contributed by atoms with Gasteiger partial charge in [0.15, 0.2) is 0 Å². The third-order valence-corrected chi connectivity index (χ3v) is 3.34. The maximum Gasteiger partial charge on any atom is 0.250 e. The maximum atomic E-state index is 11.9. The maximum absolute atomic E-state index is 11.9. The molecule has 1 aliphatic heterocycles. The van der Waals surface area contributed by atoms with Crippen LogP contribution in [0.3, 0.4) is 0 Å². The smallest absolute Gasteiger partial charge is 0.250 e. The lowest BCUT2D eigenvalue weighted by atomic mass is 10.1. The van der Waals surface area contributed by atoms with Crippen molar-refractivity contribution in [2.24, 2.45) is 0 Å². The van der Waals surface area contributed by atoms with Crippen molar-refractivity contribution in [2.75, 3.05) is 32.1 Å². The van der Waals surface area contributed by atoms with Gasteiger partial charge in [0.05, 0.1) is 30.5 Å². The summed E-state index contributed by atoms with van der Waals surface area (Å²) in [4.78, 5) is 11.9. The van der Waals surface area contributed by atoms with Gasteiger partial charge >= 0.3 is 0 Å². The van der Waals surface area contributed by atoms with E-state index in [1.807, 2.05) is 6.07 Å². The quantitative estimate of drug-likeness (QED) is 0.853. The summed E-state index contributed by atoms with van der Waals surface area (Å²) < 4.78 is 10.8. The number of carbonyl (C=O) groups excluding carboxylic acids is 1. The van der Waals surface area contributed by atoms with Gasteiger partial charge in [0, 0.05) is 6.07 Å². The molecule has 0 radical (unpaired) electrons. The topological polar surface area (TPSA) is 83.4 Å². The summed E-state index contributed by atoms with van der Waals surface area (Å²) in [6, 6.07) is 6.90. The van der Waals surface area contributed by atoms with Crippen molar-refractivity contribution in [3.63, 3.8) is 0 Å². The number of anilines is 1. The number of piperidine rings is 1. The number of hydrogen-bond donors (Lipinski definition) is 2. The van der Waals surface area contributed by atoms with E-state index in [0.717, 1.165) is 25.9 Å². The molecule has 2 N–H and O–H groups in total. The number of ether oxygens (including phenoxy) is 2. The van der Waals surface area contributed by atoms with Crippen molar-refractivity contribution < 1.29 is 14.3 Å². The first-order valence-electron chi connectivity index (χ1n) is 6.93. The number of rotatable bonds is 5. The number of hydrogen-bond acceptors (Lipinski definition) is 5. The van der Waals surface area contributed by atoms with Crippen LogP contribution in [0.25, 0.3) is 0 Å². The summed E-state index contributed by atoms with van der Waals surface area (Å²) in [6.07, 6.45) is 1.99. The molecule has 0 aliphatic carbocycles. The molecule has 21 heavy (non-hydrogen) atoms. The van der Waals surface area contributed by atoms with Crippen LogP contribution < -0.4 is 15.4 Å². The van der Waals surface area contributed by atoms with Gasteiger partial charge in [-0.05, 0) is 38.1 Å². The third-order valence-electron chi connectivity index (χ3n) is 3.34. The van der Waals surface area contributed by atoms with Crippen molar-refractivity contribution in [3.05, 3.63) is 23.8 Å². The molecule has 6 heteroatoms. The van der Waals surface area contributed by atoms with Gasteiger partial charge in [-0.1, -0.05) is 0 Å². The van der Waals surface area contributed by atoms with Gasteiger partial charge in [0.25, 0.3) is 0 Å².